The Morgan fingerprint density at radius 3 is 2.48 bits per heavy atom. The molecule has 0 atom stereocenters. The number of amides is 2. The van der Waals surface area contributed by atoms with Gasteiger partial charge in [0.2, 0.25) is 5.91 Å². The maximum Gasteiger partial charge on any atom is 0.268 e. The predicted octanol–water partition coefficient (Wildman–Crippen LogP) is 3.13. The van der Waals surface area contributed by atoms with Gasteiger partial charge in [0, 0.05) is 18.5 Å². The van der Waals surface area contributed by atoms with Crippen LogP contribution in [0.5, 0.6) is 0 Å². The Hall–Kier alpha value is -2.59. The van der Waals surface area contributed by atoms with Crippen molar-refractivity contribution in [2.45, 2.75) is 13.5 Å². The Labute approximate surface area is 140 Å². The Morgan fingerprint density at radius 1 is 1.09 bits per heavy atom. The summed E-state index contributed by atoms with van der Waals surface area (Å²) in [6.07, 6.45) is 1.59. The van der Waals surface area contributed by atoms with Crippen LogP contribution in [-0.2, 0) is 16.1 Å². The molecule has 0 saturated heterocycles. The summed E-state index contributed by atoms with van der Waals surface area (Å²) in [4.78, 5) is 23.6. The molecular weight excluding hydrogens is 312 g/mol. The van der Waals surface area contributed by atoms with Gasteiger partial charge >= 0.3 is 0 Å². The smallest absolute Gasteiger partial charge is 0.268 e. The van der Waals surface area contributed by atoms with Gasteiger partial charge in [-0.05, 0) is 29.3 Å². The molecular formula is C18H17ClN2O2. The molecule has 2 aromatic carbocycles. The van der Waals surface area contributed by atoms with Gasteiger partial charge in [0.15, 0.2) is 0 Å². The second kappa shape index (κ2) is 8.15. The van der Waals surface area contributed by atoms with E-state index in [1.165, 1.54) is 6.92 Å². The average molecular weight is 329 g/mol. The molecule has 2 amide bonds. The molecule has 4 nitrogen and oxygen atoms in total. The third-order valence-corrected chi connectivity index (χ3v) is 3.25. The van der Waals surface area contributed by atoms with Gasteiger partial charge in [-0.25, -0.2) is 0 Å². The zero-order chi connectivity index (χ0) is 16.7. The summed E-state index contributed by atoms with van der Waals surface area (Å²) in [5, 5.41) is 5.90. The van der Waals surface area contributed by atoms with Gasteiger partial charge in [-0.2, -0.15) is 0 Å². The summed E-state index contributed by atoms with van der Waals surface area (Å²) in [5.74, 6) is -0.669. The number of carbonyl (C=O) groups is 2. The lowest BCUT2D eigenvalue weighted by Crippen LogP contribution is -2.33. The fourth-order valence-corrected chi connectivity index (χ4v) is 2.18. The van der Waals surface area contributed by atoms with Crippen LogP contribution in [-0.4, -0.2) is 11.8 Å². The molecule has 0 unspecified atom stereocenters. The first-order valence-corrected chi connectivity index (χ1v) is 7.49. The van der Waals surface area contributed by atoms with Crippen LogP contribution in [0.25, 0.3) is 6.08 Å². The molecule has 0 aromatic heterocycles. The van der Waals surface area contributed by atoms with E-state index in [1.54, 1.807) is 30.3 Å². The van der Waals surface area contributed by atoms with E-state index >= 15 is 0 Å². The number of halogens is 1. The summed E-state index contributed by atoms with van der Waals surface area (Å²) >= 11 is 5.94. The van der Waals surface area contributed by atoms with E-state index in [-0.39, 0.29) is 17.5 Å². The molecule has 23 heavy (non-hydrogen) atoms. The van der Waals surface area contributed by atoms with Gasteiger partial charge in [0.05, 0.1) is 0 Å². The molecule has 0 spiro atoms. The minimum absolute atomic E-state index is 0.177. The van der Waals surface area contributed by atoms with Crippen molar-refractivity contribution in [2.24, 2.45) is 0 Å². The zero-order valence-electron chi connectivity index (χ0n) is 12.7. The van der Waals surface area contributed by atoms with Crippen LogP contribution in [0.4, 0.5) is 0 Å². The third-order valence-electron chi connectivity index (χ3n) is 3.01. The Morgan fingerprint density at radius 2 is 1.83 bits per heavy atom. The van der Waals surface area contributed by atoms with E-state index in [2.05, 4.69) is 10.6 Å². The summed E-state index contributed by atoms with van der Waals surface area (Å²) in [6.45, 7) is 1.74. The normalized spacial score (nSPS) is 11.0. The quantitative estimate of drug-likeness (QED) is 0.828. The van der Waals surface area contributed by atoms with Gasteiger partial charge in [-0.1, -0.05) is 54.1 Å². The predicted molar refractivity (Wildman–Crippen MR) is 91.5 cm³/mol. The Kier molecular flexibility index (Phi) is 5.94. The van der Waals surface area contributed by atoms with E-state index in [1.807, 2.05) is 30.3 Å². The Balaban J connectivity index is 2.14. The third kappa shape index (κ3) is 5.60. The highest BCUT2D eigenvalue weighted by molar-refractivity contribution is 6.30. The van der Waals surface area contributed by atoms with Gasteiger partial charge < -0.3 is 10.6 Å². The first-order chi connectivity index (χ1) is 11.0. The van der Waals surface area contributed by atoms with E-state index < -0.39 is 0 Å². The second-order valence-electron chi connectivity index (χ2n) is 4.96. The van der Waals surface area contributed by atoms with Gasteiger partial charge in [0.1, 0.15) is 5.70 Å². The molecule has 2 rings (SSSR count). The van der Waals surface area contributed by atoms with Crippen LogP contribution in [0, 0.1) is 0 Å². The number of benzene rings is 2. The largest absolute Gasteiger partial charge is 0.347 e. The van der Waals surface area contributed by atoms with E-state index in [0.29, 0.717) is 11.6 Å². The van der Waals surface area contributed by atoms with Gasteiger partial charge in [0.25, 0.3) is 5.91 Å². The van der Waals surface area contributed by atoms with Crippen molar-refractivity contribution in [1.29, 1.82) is 0 Å². The monoisotopic (exact) mass is 328 g/mol. The first-order valence-electron chi connectivity index (χ1n) is 7.11. The summed E-state index contributed by atoms with van der Waals surface area (Å²) in [6, 6.07) is 16.6. The highest BCUT2D eigenvalue weighted by Crippen LogP contribution is 2.13. The molecule has 0 saturated carbocycles. The van der Waals surface area contributed by atoms with Crippen molar-refractivity contribution in [2.75, 3.05) is 0 Å². The van der Waals surface area contributed by atoms with Crippen LogP contribution in [0.2, 0.25) is 5.02 Å². The average Bonchev–Trinajstić information content (AvgIpc) is 2.52. The summed E-state index contributed by atoms with van der Waals surface area (Å²) < 4.78 is 0. The molecule has 0 aliphatic rings. The molecule has 0 fully saturated rings. The van der Waals surface area contributed by atoms with Crippen molar-refractivity contribution in [1.82, 2.24) is 10.6 Å². The van der Waals surface area contributed by atoms with Crippen LogP contribution in [0.3, 0.4) is 0 Å². The van der Waals surface area contributed by atoms with Crippen molar-refractivity contribution in [3.8, 4) is 0 Å². The molecule has 5 heteroatoms. The molecule has 2 aromatic rings. The van der Waals surface area contributed by atoms with E-state index in [4.69, 9.17) is 11.6 Å². The summed E-state index contributed by atoms with van der Waals surface area (Å²) in [7, 11) is 0. The maximum atomic E-state index is 12.3. The standard InChI is InChI=1S/C18H17ClN2O2/c1-13(22)21-17(11-15-8-5-9-16(19)10-15)18(23)20-12-14-6-3-2-4-7-14/h2-11H,12H2,1H3,(H,20,23)(H,21,22)/b17-11-. The number of hydrogen-bond donors (Lipinski definition) is 2. The first kappa shape index (κ1) is 16.8. The van der Waals surface area contributed by atoms with E-state index in [0.717, 1.165) is 11.1 Å². The topological polar surface area (TPSA) is 58.2 Å². The number of nitrogens with one attached hydrogen (secondary N) is 2. The number of hydrogen-bond acceptors (Lipinski definition) is 2. The van der Waals surface area contributed by atoms with Crippen molar-refractivity contribution in [3.63, 3.8) is 0 Å². The molecule has 0 heterocycles. The zero-order valence-corrected chi connectivity index (χ0v) is 13.4. The van der Waals surface area contributed by atoms with Crippen LogP contribution >= 0.6 is 11.6 Å². The van der Waals surface area contributed by atoms with Crippen molar-refractivity contribution in [3.05, 3.63) is 76.4 Å². The molecule has 0 aliphatic carbocycles. The highest BCUT2D eigenvalue weighted by Gasteiger charge is 2.11. The highest BCUT2D eigenvalue weighted by atomic mass is 35.5. The minimum atomic E-state index is -0.357. The fourth-order valence-electron chi connectivity index (χ4n) is 1.98. The summed E-state index contributed by atoms with van der Waals surface area (Å²) in [5.41, 5.74) is 1.89. The SMILES string of the molecule is CC(=O)N/C(=C\c1cccc(Cl)c1)C(=O)NCc1ccccc1. The van der Waals surface area contributed by atoms with Gasteiger partial charge in [-0.15, -0.1) is 0 Å². The van der Waals surface area contributed by atoms with Crippen LogP contribution in [0.1, 0.15) is 18.1 Å². The van der Waals surface area contributed by atoms with Crippen LogP contribution in [0.15, 0.2) is 60.3 Å². The van der Waals surface area contributed by atoms with Crippen molar-refractivity contribution < 1.29 is 9.59 Å². The molecule has 2 N–H and O–H groups in total. The van der Waals surface area contributed by atoms with Gasteiger partial charge in [-0.3, -0.25) is 9.59 Å². The van der Waals surface area contributed by atoms with E-state index in [9.17, 15) is 9.59 Å². The minimum Gasteiger partial charge on any atom is -0.347 e. The fraction of sp³-hybridized carbons (Fsp3) is 0.111. The molecule has 0 aliphatic heterocycles. The molecule has 0 radical (unpaired) electrons. The lowest BCUT2D eigenvalue weighted by molar-refractivity contribution is -0.122. The Bertz CT molecular complexity index is 727. The maximum absolute atomic E-state index is 12.3. The molecule has 118 valence electrons. The van der Waals surface area contributed by atoms with Crippen LogP contribution < -0.4 is 10.6 Å². The van der Waals surface area contributed by atoms with Crippen molar-refractivity contribution >= 4 is 29.5 Å². The molecule has 0 bridgehead atoms. The number of carbonyl (C=O) groups excluding carboxylic acids is 2. The second-order valence-corrected chi connectivity index (χ2v) is 5.40. The number of rotatable bonds is 5. The lowest BCUT2D eigenvalue weighted by Gasteiger charge is -2.10. The lowest BCUT2D eigenvalue weighted by atomic mass is 10.1.